The molecule has 0 saturated carbocycles. The van der Waals surface area contributed by atoms with Crippen molar-refractivity contribution < 1.29 is 18.8 Å². The molecule has 0 bridgehead atoms. The van der Waals surface area contributed by atoms with Gasteiger partial charge in [0.2, 0.25) is 5.91 Å². The number of ether oxygens (including phenoxy) is 2. The van der Waals surface area contributed by atoms with Crippen LogP contribution in [-0.4, -0.2) is 62.5 Å². The highest BCUT2D eigenvalue weighted by Gasteiger charge is 2.28. The van der Waals surface area contributed by atoms with Crippen LogP contribution in [0.15, 0.2) is 34.9 Å². The normalized spacial score (nSPS) is 21.9. The Balaban J connectivity index is 1.26. The molecule has 174 valence electrons. The molecule has 2 saturated heterocycles. The van der Waals surface area contributed by atoms with E-state index in [4.69, 9.17) is 14.0 Å². The minimum atomic E-state index is 0.103. The number of methoxy groups -OCH3 is 1. The molecular weight excluding hydrogens is 408 g/mol. The fourth-order valence-electron chi connectivity index (χ4n) is 4.51. The summed E-state index contributed by atoms with van der Waals surface area (Å²) in [5.41, 5.74) is 2.04. The molecule has 32 heavy (non-hydrogen) atoms. The van der Waals surface area contributed by atoms with Gasteiger partial charge in [-0.05, 0) is 55.5 Å². The monoisotopic (exact) mass is 442 g/mol. The van der Waals surface area contributed by atoms with Gasteiger partial charge in [-0.2, -0.15) is 0 Å². The summed E-state index contributed by atoms with van der Waals surface area (Å²) in [6, 6.07) is 9.85. The predicted octanol–water partition coefficient (Wildman–Crippen LogP) is 1.99. The Labute approximate surface area is 189 Å². The summed E-state index contributed by atoms with van der Waals surface area (Å²) >= 11 is 0. The summed E-state index contributed by atoms with van der Waals surface area (Å²) < 4.78 is 16.2. The molecule has 4 rings (SSSR count). The lowest BCUT2D eigenvalue weighted by Gasteiger charge is -2.31. The summed E-state index contributed by atoms with van der Waals surface area (Å²) in [4.78, 5) is 15.0. The maximum atomic E-state index is 12.6. The zero-order valence-electron chi connectivity index (χ0n) is 18.8. The van der Waals surface area contributed by atoms with Crippen molar-refractivity contribution in [2.75, 3.05) is 46.5 Å². The fraction of sp³-hybridized carbons (Fsp3) is 0.583. The third-order valence-corrected chi connectivity index (χ3v) is 6.42. The van der Waals surface area contributed by atoms with Crippen LogP contribution in [0, 0.1) is 11.8 Å². The van der Waals surface area contributed by atoms with E-state index in [9.17, 15) is 4.79 Å². The van der Waals surface area contributed by atoms with Gasteiger partial charge < -0.3 is 24.6 Å². The van der Waals surface area contributed by atoms with E-state index in [0.717, 1.165) is 81.5 Å². The van der Waals surface area contributed by atoms with E-state index in [2.05, 4.69) is 26.8 Å². The molecule has 2 fully saturated rings. The SMILES string of the molecule is COc1ccc(CNC(=O)CC2CCNCC2Cc2cc(CN3CCOCC3)on2)cc1. The van der Waals surface area contributed by atoms with Gasteiger partial charge in [0, 0.05) is 32.1 Å². The molecule has 1 aromatic heterocycles. The second-order valence-electron chi connectivity index (χ2n) is 8.72. The van der Waals surface area contributed by atoms with E-state index in [1.807, 2.05) is 24.3 Å². The van der Waals surface area contributed by atoms with Gasteiger partial charge in [0.15, 0.2) is 5.76 Å². The molecule has 2 aromatic rings. The van der Waals surface area contributed by atoms with E-state index < -0.39 is 0 Å². The summed E-state index contributed by atoms with van der Waals surface area (Å²) in [5.74, 6) is 2.53. The van der Waals surface area contributed by atoms with Crippen LogP contribution < -0.4 is 15.4 Å². The van der Waals surface area contributed by atoms with Crippen LogP contribution >= 0.6 is 0 Å². The molecule has 2 unspecified atom stereocenters. The van der Waals surface area contributed by atoms with Crippen molar-refractivity contribution in [3.05, 3.63) is 47.3 Å². The van der Waals surface area contributed by atoms with Crippen molar-refractivity contribution in [3.63, 3.8) is 0 Å². The lowest BCUT2D eigenvalue weighted by atomic mass is 9.81. The van der Waals surface area contributed by atoms with Crippen molar-refractivity contribution in [2.45, 2.75) is 32.4 Å². The summed E-state index contributed by atoms with van der Waals surface area (Å²) in [6.07, 6.45) is 2.37. The lowest BCUT2D eigenvalue weighted by molar-refractivity contribution is -0.122. The van der Waals surface area contributed by atoms with Crippen LogP contribution in [0.25, 0.3) is 0 Å². The average molecular weight is 443 g/mol. The number of hydrogen-bond donors (Lipinski definition) is 2. The van der Waals surface area contributed by atoms with Gasteiger partial charge in [0.25, 0.3) is 0 Å². The molecule has 2 aliphatic heterocycles. The van der Waals surface area contributed by atoms with Crippen molar-refractivity contribution in [1.82, 2.24) is 20.7 Å². The number of hydrogen-bond acceptors (Lipinski definition) is 7. The maximum absolute atomic E-state index is 12.6. The van der Waals surface area contributed by atoms with Crippen LogP contribution in [0.5, 0.6) is 5.75 Å². The first-order valence-corrected chi connectivity index (χ1v) is 11.5. The number of rotatable bonds is 9. The van der Waals surface area contributed by atoms with Crippen molar-refractivity contribution in [1.29, 1.82) is 0 Å². The van der Waals surface area contributed by atoms with Gasteiger partial charge in [-0.25, -0.2) is 0 Å². The lowest BCUT2D eigenvalue weighted by Crippen LogP contribution is -2.40. The molecule has 0 spiro atoms. The number of nitrogens with zero attached hydrogens (tertiary/aromatic N) is 2. The molecule has 2 aliphatic rings. The van der Waals surface area contributed by atoms with E-state index in [1.54, 1.807) is 7.11 Å². The molecule has 8 nitrogen and oxygen atoms in total. The second kappa shape index (κ2) is 11.4. The molecular formula is C24H34N4O4. The maximum Gasteiger partial charge on any atom is 0.220 e. The minimum Gasteiger partial charge on any atom is -0.497 e. The smallest absolute Gasteiger partial charge is 0.220 e. The zero-order valence-corrected chi connectivity index (χ0v) is 18.8. The van der Waals surface area contributed by atoms with Gasteiger partial charge in [0.1, 0.15) is 5.75 Å². The predicted molar refractivity (Wildman–Crippen MR) is 120 cm³/mol. The number of carbonyl (C=O) groups excluding carboxylic acids is 1. The molecule has 2 atom stereocenters. The molecule has 2 N–H and O–H groups in total. The summed E-state index contributed by atoms with van der Waals surface area (Å²) in [6.45, 7) is 6.57. The number of aromatic nitrogens is 1. The van der Waals surface area contributed by atoms with Crippen LogP contribution in [0.2, 0.25) is 0 Å². The standard InChI is InChI=1S/C24H34N4O4/c1-30-22-4-2-18(3-5-22)15-26-24(29)13-19-6-7-25-16-20(19)12-21-14-23(32-27-21)17-28-8-10-31-11-9-28/h2-5,14,19-20,25H,6-13,15-17H2,1H3,(H,26,29). The van der Waals surface area contributed by atoms with Gasteiger partial charge in [-0.3, -0.25) is 9.69 Å². The first-order chi connectivity index (χ1) is 15.7. The number of carbonyl (C=O) groups is 1. The summed E-state index contributed by atoms with van der Waals surface area (Å²) in [7, 11) is 1.65. The highest BCUT2D eigenvalue weighted by atomic mass is 16.5. The van der Waals surface area contributed by atoms with Crippen LogP contribution in [-0.2, 0) is 29.0 Å². The van der Waals surface area contributed by atoms with Gasteiger partial charge in [0.05, 0.1) is 32.6 Å². The molecule has 1 amide bonds. The van der Waals surface area contributed by atoms with Gasteiger partial charge in [-0.1, -0.05) is 17.3 Å². The van der Waals surface area contributed by atoms with Crippen LogP contribution in [0.3, 0.4) is 0 Å². The summed E-state index contributed by atoms with van der Waals surface area (Å²) in [5, 5.41) is 10.9. The second-order valence-corrected chi connectivity index (χ2v) is 8.72. The topological polar surface area (TPSA) is 88.9 Å². The Morgan fingerprint density at radius 2 is 2.06 bits per heavy atom. The van der Waals surface area contributed by atoms with Crippen molar-refractivity contribution >= 4 is 5.91 Å². The van der Waals surface area contributed by atoms with Crippen molar-refractivity contribution in [2.24, 2.45) is 11.8 Å². The van der Waals surface area contributed by atoms with Gasteiger partial charge in [-0.15, -0.1) is 0 Å². The molecule has 3 heterocycles. The Kier molecular flexibility index (Phi) is 8.14. The zero-order chi connectivity index (χ0) is 22.2. The van der Waals surface area contributed by atoms with Crippen molar-refractivity contribution in [3.8, 4) is 5.75 Å². The Hall–Kier alpha value is -2.42. The van der Waals surface area contributed by atoms with Crippen LogP contribution in [0.1, 0.15) is 29.9 Å². The Bertz CT molecular complexity index is 848. The van der Waals surface area contributed by atoms with E-state index in [1.165, 1.54) is 0 Å². The molecule has 8 heteroatoms. The molecule has 1 aromatic carbocycles. The quantitative estimate of drug-likeness (QED) is 0.614. The number of morpholine rings is 1. The first kappa shape index (κ1) is 22.8. The van der Waals surface area contributed by atoms with E-state index in [0.29, 0.717) is 24.8 Å². The third-order valence-electron chi connectivity index (χ3n) is 6.42. The first-order valence-electron chi connectivity index (χ1n) is 11.5. The third kappa shape index (κ3) is 6.54. The van der Waals surface area contributed by atoms with E-state index >= 15 is 0 Å². The van der Waals surface area contributed by atoms with E-state index in [-0.39, 0.29) is 5.91 Å². The minimum absolute atomic E-state index is 0.103. The number of amides is 1. The Morgan fingerprint density at radius 3 is 2.84 bits per heavy atom. The number of nitrogens with one attached hydrogen (secondary N) is 2. The molecule has 0 aliphatic carbocycles. The van der Waals surface area contributed by atoms with Crippen LogP contribution in [0.4, 0.5) is 0 Å². The highest BCUT2D eigenvalue weighted by molar-refractivity contribution is 5.76. The molecule has 0 radical (unpaired) electrons. The number of benzene rings is 1. The average Bonchev–Trinajstić information content (AvgIpc) is 3.26. The fourth-order valence-corrected chi connectivity index (χ4v) is 4.51. The Morgan fingerprint density at radius 1 is 1.25 bits per heavy atom. The largest absolute Gasteiger partial charge is 0.497 e. The van der Waals surface area contributed by atoms with Gasteiger partial charge >= 0.3 is 0 Å². The number of piperidine rings is 1. The highest BCUT2D eigenvalue weighted by Crippen LogP contribution is 2.26.